The molecule has 2 aromatic carbocycles. The number of aliphatic imine (C=N–C) groups is 1. The molecule has 0 unspecified atom stereocenters. The second kappa shape index (κ2) is 7.65. The zero-order chi connectivity index (χ0) is 18.7. The van der Waals surface area contributed by atoms with Gasteiger partial charge in [0.1, 0.15) is 5.84 Å². The summed E-state index contributed by atoms with van der Waals surface area (Å²) in [5.41, 5.74) is 0.656. The number of nitrogens with zero attached hydrogens (tertiary/aromatic N) is 1. The third-order valence-corrected chi connectivity index (χ3v) is 5.83. The van der Waals surface area contributed by atoms with E-state index in [2.05, 4.69) is 15.0 Å². The average molecular weight is 412 g/mol. The fourth-order valence-electron chi connectivity index (χ4n) is 2.42. The molecule has 6 nitrogen and oxygen atoms in total. The molecule has 1 aliphatic rings. The summed E-state index contributed by atoms with van der Waals surface area (Å²) in [4.78, 5) is 16.5. The third-order valence-electron chi connectivity index (χ3n) is 3.71. The summed E-state index contributed by atoms with van der Waals surface area (Å²) in [5, 5.41) is 3.25. The van der Waals surface area contributed by atoms with E-state index in [9.17, 15) is 13.2 Å². The van der Waals surface area contributed by atoms with Crippen LogP contribution in [0.2, 0.25) is 10.0 Å². The number of sulfonamides is 1. The molecular weight excluding hydrogens is 397 g/mol. The van der Waals surface area contributed by atoms with Crippen LogP contribution in [0.3, 0.4) is 0 Å². The maximum Gasteiger partial charge on any atom is 0.262 e. The first-order valence-electron chi connectivity index (χ1n) is 7.78. The molecule has 0 aliphatic carbocycles. The van der Waals surface area contributed by atoms with E-state index in [-0.39, 0.29) is 9.92 Å². The molecule has 0 bridgehead atoms. The topological polar surface area (TPSA) is 87.6 Å². The Labute approximate surface area is 161 Å². The van der Waals surface area contributed by atoms with Crippen LogP contribution in [0.1, 0.15) is 23.2 Å². The van der Waals surface area contributed by atoms with Gasteiger partial charge in [0, 0.05) is 24.2 Å². The Balaban J connectivity index is 1.78. The number of carbonyl (C=O) groups excluding carboxylic acids is 1. The number of rotatable bonds is 4. The summed E-state index contributed by atoms with van der Waals surface area (Å²) in [6.45, 7) is 0.623. The smallest absolute Gasteiger partial charge is 0.262 e. The summed E-state index contributed by atoms with van der Waals surface area (Å²) < 4.78 is 27.4. The Kier molecular flexibility index (Phi) is 5.50. The summed E-state index contributed by atoms with van der Waals surface area (Å²) in [6, 6.07) is 10.5. The molecule has 0 fully saturated rings. The van der Waals surface area contributed by atoms with Crippen molar-refractivity contribution in [2.24, 2.45) is 4.99 Å². The second-order valence-corrected chi connectivity index (χ2v) is 8.15. The van der Waals surface area contributed by atoms with Gasteiger partial charge in [-0.2, -0.15) is 0 Å². The molecule has 1 heterocycles. The number of anilines is 1. The van der Waals surface area contributed by atoms with Crippen molar-refractivity contribution >= 4 is 50.7 Å². The van der Waals surface area contributed by atoms with Gasteiger partial charge < -0.3 is 5.32 Å². The van der Waals surface area contributed by atoms with Crippen LogP contribution in [0.5, 0.6) is 0 Å². The Bertz CT molecular complexity index is 990. The van der Waals surface area contributed by atoms with Gasteiger partial charge in [0.25, 0.3) is 15.9 Å². The number of hydrogen-bond acceptors (Lipinski definition) is 4. The summed E-state index contributed by atoms with van der Waals surface area (Å²) in [6.07, 6.45) is 1.44. The fourth-order valence-corrected chi connectivity index (χ4v) is 3.85. The largest absolute Gasteiger partial charge is 0.322 e. The van der Waals surface area contributed by atoms with Gasteiger partial charge in [-0.1, -0.05) is 29.3 Å². The second-order valence-electron chi connectivity index (χ2n) is 5.65. The number of halogens is 2. The molecule has 9 heteroatoms. The van der Waals surface area contributed by atoms with E-state index in [1.54, 1.807) is 12.1 Å². The van der Waals surface area contributed by atoms with Crippen molar-refractivity contribution in [1.82, 2.24) is 4.72 Å². The van der Waals surface area contributed by atoms with Crippen molar-refractivity contribution in [2.45, 2.75) is 17.7 Å². The van der Waals surface area contributed by atoms with Crippen LogP contribution in [-0.4, -0.2) is 26.7 Å². The minimum atomic E-state index is -3.75. The molecule has 2 aromatic rings. The normalized spacial score (nSPS) is 14.0. The molecule has 0 aromatic heterocycles. The molecule has 3 rings (SSSR count). The molecule has 2 N–H and O–H groups in total. The fraction of sp³-hybridized carbons (Fsp3) is 0.176. The summed E-state index contributed by atoms with van der Waals surface area (Å²) in [7, 11) is -3.75. The van der Waals surface area contributed by atoms with Crippen LogP contribution in [0.15, 0.2) is 52.4 Å². The molecule has 26 heavy (non-hydrogen) atoms. The Hall–Kier alpha value is -2.09. The average Bonchev–Trinajstić information content (AvgIpc) is 3.10. The first-order chi connectivity index (χ1) is 12.3. The highest BCUT2D eigenvalue weighted by atomic mass is 35.5. The van der Waals surface area contributed by atoms with Crippen LogP contribution in [0.25, 0.3) is 0 Å². The van der Waals surface area contributed by atoms with Gasteiger partial charge in [0.15, 0.2) is 0 Å². The lowest BCUT2D eigenvalue weighted by molar-refractivity contribution is 0.102. The van der Waals surface area contributed by atoms with Gasteiger partial charge in [0.05, 0.1) is 14.9 Å². The van der Waals surface area contributed by atoms with Crippen LogP contribution < -0.4 is 10.0 Å². The highest BCUT2D eigenvalue weighted by molar-refractivity contribution is 7.90. The molecule has 0 spiro atoms. The van der Waals surface area contributed by atoms with Crippen molar-refractivity contribution in [3.05, 3.63) is 58.1 Å². The molecule has 1 amide bonds. The molecule has 136 valence electrons. The number of amides is 1. The molecule has 0 saturated heterocycles. The van der Waals surface area contributed by atoms with E-state index in [1.807, 2.05) is 0 Å². The lowest BCUT2D eigenvalue weighted by atomic mass is 10.2. The van der Waals surface area contributed by atoms with Crippen molar-refractivity contribution < 1.29 is 13.2 Å². The lowest BCUT2D eigenvalue weighted by Crippen LogP contribution is -2.29. The van der Waals surface area contributed by atoms with Crippen molar-refractivity contribution in [2.75, 3.05) is 11.9 Å². The van der Waals surface area contributed by atoms with E-state index in [0.717, 1.165) is 6.42 Å². The van der Waals surface area contributed by atoms with Crippen molar-refractivity contribution in [1.29, 1.82) is 0 Å². The Morgan fingerprint density at radius 3 is 2.58 bits per heavy atom. The molecule has 0 radical (unpaired) electrons. The zero-order valence-corrected chi connectivity index (χ0v) is 15.8. The number of carbonyl (C=O) groups is 1. The zero-order valence-electron chi connectivity index (χ0n) is 13.5. The van der Waals surface area contributed by atoms with Crippen LogP contribution >= 0.6 is 23.2 Å². The Morgan fingerprint density at radius 1 is 1.08 bits per heavy atom. The van der Waals surface area contributed by atoms with Crippen LogP contribution in [-0.2, 0) is 10.0 Å². The molecule has 0 saturated carbocycles. The number of hydrogen-bond donors (Lipinski definition) is 2. The highest BCUT2D eigenvalue weighted by Gasteiger charge is 2.19. The standard InChI is InChI=1S/C17H15Cl2N3O3S/c18-14-7-6-11(9-15(14)19)17(23)21-12-3-1-4-13(10-12)26(24,25)22-16-5-2-8-20-16/h1,3-4,6-7,9-10H,2,5,8H2,(H,20,22)(H,21,23). The SMILES string of the molecule is O=C(Nc1cccc(S(=O)(=O)NC2=NCCC2)c1)c1ccc(Cl)c(Cl)c1. The quantitative estimate of drug-likeness (QED) is 0.803. The van der Waals surface area contributed by atoms with Gasteiger partial charge in [-0.05, 0) is 42.8 Å². The predicted molar refractivity (Wildman–Crippen MR) is 103 cm³/mol. The van der Waals surface area contributed by atoms with Gasteiger partial charge in [-0.15, -0.1) is 0 Å². The highest BCUT2D eigenvalue weighted by Crippen LogP contribution is 2.23. The van der Waals surface area contributed by atoms with Crippen molar-refractivity contribution in [3.63, 3.8) is 0 Å². The van der Waals surface area contributed by atoms with Gasteiger partial charge in [-0.3, -0.25) is 14.5 Å². The van der Waals surface area contributed by atoms with E-state index < -0.39 is 15.9 Å². The summed E-state index contributed by atoms with van der Waals surface area (Å²) in [5.74, 6) is 0.0292. The first-order valence-corrected chi connectivity index (χ1v) is 10.0. The first kappa shape index (κ1) is 18.7. The minimum absolute atomic E-state index is 0.0408. The van der Waals surface area contributed by atoms with Crippen molar-refractivity contribution in [3.8, 4) is 0 Å². The maximum atomic E-state index is 12.4. The van der Waals surface area contributed by atoms with E-state index in [4.69, 9.17) is 23.2 Å². The molecular formula is C17H15Cl2N3O3S. The van der Waals surface area contributed by atoms with E-state index in [1.165, 1.54) is 30.3 Å². The van der Waals surface area contributed by atoms with Gasteiger partial charge in [-0.25, -0.2) is 8.42 Å². The maximum absolute atomic E-state index is 12.4. The number of amidine groups is 1. The number of benzene rings is 2. The minimum Gasteiger partial charge on any atom is -0.322 e. The lowest BCUT2D eigenvalue weighted by Gasteiger charge is -2.10. The van der Waals surface area contributed by atoms with Crippen LogP contribution in [0.4, 0.5) is 5.69 Å². The van der Waals surface area contributed by atoms with E-state index in [0.29, 0.717) is 35.1 Å². The third kappa shape index (κ3) is 4.35. The number of nitrogens with one attached hydrogen (secondary N) is 2. The Morgan fingerprint density at radius 2 is 1.88 bits per heavy atom. The summed E-state index contributed by atoms with van der Waals surface area (Å²) >= 11 is 11.8. The van der Waals surface area contributed by atoms with E-state index >= 15 is 0 Å². The monoisotopic (exact) mass is 411 g/mol. The molecule has 0 atom stereocenters. The molecule has 1 aliphatic heterocycles. The van der Waals surface area contributed by atoms with Gasteiger partial charge in [0.2, 0.25) is 0 Å². The predicted octanol–water partition coefficient (Wildman–Crippen LogP) is 3.72. The van der Waals surface area contributed by atoms with Gasteiger partial charge >= 0.3 is 0 Å². The van der Waals surface area contributed by atoms with Crippen LogP contribution in [0, 0.1) is 0 Å².